The van der Waals surface area contributed by atoms with Crippen molar-refractivity contribution in [2.24, 2.45) is 10.7 Å². The first-order chi connectivity index (χ1) is 7.20. The Kier molecular flexibility index (Phi) is 8.52. The Morgan fingerprint density at radius 2 is 2.20 bits per heavy atom. The van der Waals surface area contributed by atoms with E-state index in [4.69, 9.17) is 5.73 Å². The molecule has 0 atom stereocenters. The van der Waals surface area contributed by atoms with Crippen LogP contribution in [0.5, 0.6) is 0 Å². The largest absolute Gasteiger partial charge is 0.469 e. The van der Waals surface area contributed by atoms with Gasteiger partial charge in [0, 0.05) is 19.5 Å². The molecular weight excluding hydrogens is 194 g/mol. The fourth-order valence-electron chi connectivity index (χ4n) is 1.00. The van der Waals surface area contributed by atoms with E-state index in [1.54, 1.807) is 0 Å². The second-order valence-corrected chi connectivity index (χ2v) is 3.23. The predicted octanol–water partition coefficient (Wildman–Crippen LogP) is 0.644. The number of carbonyl (C=O) groups excluding carboxylic acids is 1. The molecule has 0 rings (SSSR count). The molecule has 5 nitrogen and oxygen atoms in total. The number of nitrogens with zero attached hydrogens (tertiary/aromatic N) is 1. The number of esters is 1. The molecule has 0 bridgehead atoms. The van der Waals surface area contributed by atoms with Crippen molar-refractivity contribution in [3.63, 3.8) is 0 Å². The Morgan fingerprint density at radius 3 is 2.80 bits per heavy atom. The van der Waals surface area contributed by atoms with E-state index in [0.29, 0.717) is 12.4 Å². The van der Waals surface area contributed by atoms with Crippen LogP contribution >= 0.6 is 0 Å². The molecule has 0 heterocycles. The molecule has 0 spiro atoms. The molecule has 0 saturated heterocycles. The van der Waals surface area contributed by atoms with Crippen LogP contribution in [0.3, 0.4) is 0 Å². The summed E-state index contributed by atoms with van der Waals surface area (Å²) in [5.74, 6) is 0.317. The maximum Gasteiger partial charge on any atom is 0.305 e. The molecule has 0 amide bonds. The fourth-order valence-corrected chi connectivity index (χ4v) is 1.00. The van der Waals surface area contributed by atoms with Crippen LogP contribution in [0.2, 0.25) is 0 Å². The van der Waals surface area contributed by atoms with Crippen LogP contribution in [-0.4, -0.2) is 32.1 Å². The Balaban J connectivity index is 3.34. The Bertz CT molecular complexity index is 205. The number of ether oxygens (including phenoxy) is 1. The SMILES string of the molecule is CCCN=C(N)NCCCCC(=O)OC. The minimum atomic E-state index is -0.164. The molecule has 0 fully saturated rings. The van der Waals surface area contributed by atoms with Gasteiger partial charge in [-0.1, -0.05) is 6.92 Å². The second-order valence-electron chi connectivity index (χ2n) is 3.23. The van der Waals surface area contributed by atoms with Gasteiger partial charge in [-0.15, -0.1) is 0 Å². The van der Waals surface area contributed by atoms with Crippen LogP contribution in [0.25, 0.3) is 0 Å². The lowest BCUT2D eigenvalue weighted by Crippen LogP contribution is -2.32. The minimum Gasteiger partial charge on any atom is -0.469 e. The molecule has 0 aliphatic carbocycles. The van der Waals surface area contributed by atoms with E-state index < -0.39 is 0 Å². The van der Waals surface area contributed by atoms with Crippen molar-refractivity contribution in [1.82, 2.24) is 5.32 Å². The zero-order valence-corrected chi connectivity index (χ0v) is 9.58. The smallest absolute Gasteiger partial charge is 0.305 e. The summed E-state index contributed by atoms with van der Waals surface area (Å²) >= 11 is 0. The van der Waals surface area contributed by atoms with E-state index in [0.717, 1.165) is 32.4 Å². The second kappa shape index (κ2) is 9.30. The number of guanidine groups is 1. The first kappa shape index (κ1) is 13.7. The average molecular weight is 215 g/mol. The zero-order valence-electron chi connectivity index (χ0n) is 9.58. The normalized spacial score (nSPS) is 11.2. The standard InChI is InChI=1S/C10H21N3O2/c1-3-7-12-10(11)13-8-5-4-6-9(14)15-2/h3-8H2,1-2H3,(H3,11,12,13). The Hall–Kier alpha value is -1.26. The number of methoxy groups -OCH3 is 1. The highest BCUT2D eigenvalue weighted by atomic mass is 16.5. The Morgan fingerprint density at radius 1 is 1.47 bits per heavy atom. The first-order valence-electron chi connectivity index (χ1n) is 5.31. The summed E-state index contributed by atoms with van der Waals surface area (Å²) in [5.41, 5.74) is 5.58. The molecule has 0 aliphatic heterocycles. The topological polar surface area (TPSA) is 76.7 Å². The van der Waals surface area contributed by atoms with Gasteiger partial charge < -0.3 is 15.8 Å². The van der Waals surface area contributed by atoms with Gasteiger partial charge in [-0.2, -0.15) is 0 Å². The number of carbonyl (C=O) groups is 1. The average Bonchev–Trinajstić information content (AvgIpc) is 2.25. The number of rotatable bonds is 7. The van der Waals surface area contributed by atoms with E-state index in [1.807, 2.05) is 6.92 Å². The van der Waals surface area contributed by atoms with Gasteiger partial charge in [-0.25, -0.2) is 0 Å². The first-order valence-corrected chi connectivity index (χ1v) is 5.31. The van der Waals surface area contributed by atoms with Crippen molar-refractivity contribution < 1.29 is 9.53 Å². The van der Waals surface area contributed by atoms with Crippen LogP contribution < -0.4 is 11.1 Å². The summed E-state index contributed by atoms with van der Waals surface area (Å²) in [6.45, 7) is 3.55. The zero-order chi connectivity index (χ0) is 11.5. The van der Waals surface area contributed by atoms with Crippen molar-refractivity contribution >= 4 is 11.9 Å². The lowest BCUT2D eigenvalue weighted by atomic mass is 10.2. The van der Waals surface area contributed by atoms with Crippen molar-refractivity contribution in [1.29, 1.82) is 0 Å². The number of hydrogen-bond acceptors (Lipinski definition) is 3. The van der Waals surface area contributed by atoms with Crippen LogP contribution in [0.15, 0.2) is 4.99 Å². The lowest BCUT2D eigenvalue weighted by molar-refractivity contribution is -0.140. The van der Waals surface area contributed by atoms with Gasteiger partial charge in [0.05, 0.1) is 7.11 Å². The number of nitrogens with one attached hydrogen (secondary N) is 1. The van der Waals surface area contributed by atoms with Crippen LogP contribution in [0, 0.1) is 0 Å². The molecule has 0 aromatic rings. The summed E-state index contributed by atoms with van der Waals surface area (Å²) in [5, 5.41) is 2.98. The van der Waals surface area contributed by atoms with Crippen molar-refractivity contribution in [3.05, 3.63) is 0 Å². The van der Waals surface area contributed by atoms with Gasteiger partial charge in [0.1, 0.15) is 0 Å². The number of aliphatic imine (C=N–C) groups is 1. The summed E-state index contributed by atoms with van der Waals surface area (Å²) in [6, 6.07) is 0. The molecule has 0 aromatic carbocycles. The molecule has 0 aliphatic rings. The van der Waals surface area contributed by atoms with Crippen LogP contribution in [0.1, 0.15) is 32.6 Å². The summed E-state index contributed by atoms with van der Waals surface area (Å²) < 4.78 is 4.52. The third-order valence-corrected chi connectivity index (χ3v) is 1.85. The van der Waals surface area contributed by atoms with E-state index in [9.17, 15) is 4.79 Å². The quantitative estimate of drug-likeness (QED) is 0.283. The summed E-state index contributed by atoms with van der Waals surface area (Å²) in [6.07, 6.45) is 3.15. The van der Waals surface area contributed by atoms with E-state index in [-0.39, 0.29) is 5.97 Å². The monoisotopic (exact) mass is 215 g/mol. The third kappa shape index (κ3) is 9.05. The van der Waals surface area contributed by atoms with Crippen molar-refractivity contribution in [2.45, 2.75) is 32.6 Å². The predicted molar refractivity (Wildman–Crippen MR) is 60.7 cm³/mol. The highest BCUT2D eigenvalue weighted by Gasteiger charge is 1.98. The molecule has 3 N–H and O–H groups in total. The fraction of sp³-hybridized carbons (Fsp3) is 0.800. The van der Waals surface area contributed by atoms with Gasteiger partial charge in [-0.3, -0.25) is 9.79 Å². The number of unbranched alkanes of at least 4 members (excludes halogenated alkanes) is 1. The van der Waals surface area contributed by atoms with Gasteiger partial charge in [-0.05, 0) is 19.3 Å². The molecular formula is C10H21N3O2. The Labute approximate surface area is 91.1 Å². The van der Waals surface area contributed by atoms with E-state index in [2.05, 4.69) is 15.0 Å². The van der Waals surface area contributed by atoms with Crippen molar-refractivity contribution in [3.8, 4) is 0 Å². The molecule has 0 aromatic heterocycles. The molecule has 0 radical (unpaired) electrons. The highest BCUT2D eigenvalue weighted by Crippen LogP contribution is 1.95. The highest BCUT2D eigenvalue weighted by molar-refractivity contribution is 5.77. The van der Waals surface area contributed by atoms with Crippen LogP contribution in [0.4, 0.5) is 0 Å². The number of hydrogen-bond donors (Lipinski definition) is 2. The lowest BCUT2D eigenvalue weighted by Gasteiger charge is -2.04. The molecule has 88 valence electrons. The number of nitrogens with two attached hydrogens (primary N) is 1. The van der Waals surface area contributed by atoms with Crippen LogP contribution in [-0.2, 0) is 9.53 Å². The van der Waals surface area contributed by atoms with Crippen molar-refractivity contribution in [2.75, 3.05) is 20.2 Å². The van der Waals surface area contributed by atoms with Gasteiger partial charge in [0.2, 0.25) is 0 Å². The minimum absolute atomic E-state index is 0.164. The molecule has 0 unspecified atom stereocenters. The third-order valence-electron chi connectivity index (χ3n) is 1.85. The van der Waals surface area contributed by atoms with E-state index in [1.165, 1.54) is 7.11 Å². The molecule has 5 heteroatoms. The maximum absolute atomic E-state index is 10.8. The van der Waals surface area contributed by atoms with Gasteiger partial charge in [0.25, 0.3) is 0 Å². The summed E-state index contributed by atoms with van der Waals surface area (Å²) in [7, 11) is 1.40. The molecule has 0 saturated carbocycles. The molecule has 15 heavy (non-hydrogen) atoms. The maximum atomic E-state index is 10.8. The van der Waals surface area contributed by atoms with Gasteiger partial charge in [0.15, 0.2) is 5.96 Å². The van der Waals surface area contributed by atoms with Gasteiger partial charge >= 0.3 is 5.97 Å². The van der Waals surface area contributed by atoms with E-state index >= 15 is 0 Å². The summed E-state index contributed by atoms with van der Waals surface area (Å²) in [4.78, 5) is 14.8.